The van der Waals surface area contributed by atoms with E-state index in [0.717, 1.165) is 49.8 Å². The van der Waals surface area contributed by atoms with Crippen LogP contribution < -0.4 is 14.2 Å². The maximum atomic E-state index is 13.1. The lowest BCUT2D eigenvalue weighted by Gasteiger charge is -2.18. The Hall–Kier alpha value is -2.40. The minimum atomic E-state index is -0.00877. The average Bonchev–Trinajstić information content (AvgIpc) is 3.17. The summed E-state index contributed by atoms with van der Waals surface area (Å²) in [5, 5.41) is 0. The minimum absolute atomic E-state index is 0.00877. The second-order valence-corrected chi connectivity index (χ2v) is 16.1. The number of ether oxygens (including phenoxy) is 3. The third kappa shape index (κ3) is 23.2. The van der Waals surface area contributed by atoms with Crippen LogP contribution in [0.25, 0.3) is 6.08 Å². The van der Waals surface area contributed by atoms with Gasteiger partial charge in [0.1, 0.15) is 0 Å². The normalized spacial score (nSPS) is 11.4. The molecule has 0 fully saturated rings. The molecule has 0 aliphatic heterocycles. The number of hydrogen-bond donors (Lipinski definition) is 0. The van der Waals surface area contributed by atoms with Crippen molar-refractivity contribution in [3.63, 3.8) is 0 Å². The monoisotopic (exact) mass is 751 g/mol. The zero-order chi connectivity index (χ0) is 38.0. The van der Waals surface area contributed by atoms with E-state index in [1.165, 1.54) is 127 Å². The summed E-state index contributed by atoms with van der Waals surface area (Å²) in [6.07, 6.45) is 36.4. The van der Waals surface area contributed by atoms with E-state index in [-0.39, 0.29) is 5.78 Å². The number of ketones is 1. The fraction of sp³-hybridized carbons (Fsp3) is 0.688. The Kier molecular flexibility index (Phi) is 29.1. The summed E-state index contributed by atoms with van der Waals surface area (Å²) in [5.74, 6) is 3.16. The van der Waals surface area contributed by atoms with Gasteiger partial charge >= 0.3 is 0 Å². The van der Waals surface area contributed by atoms with E-state index >= 15 is 0 Å². The molecule has 0 spiro atoms. The van der Waals surface area contributed by atoms with Crippen LogP contribution in [-0.4, -0.2) is 31.4 Å². The molecule has 0 amide bonds. The minimum Gasteiger partial charge on any atom is -0.490 e. The van der Waals surface area contributed by atoms with E-state index in [9.17, 15) is 4.79 Å². The first-order valence-electron chi connectivity index (χ1n) is 22.1. The number of unbranched alkanes of at least 4 members (excludes halogenated alkanes) is 21. The smallest absolute Gasteiger partial charge is 0.203 e. The van der Waals surface area contributed by atoms with Gasteiger partial charge in [-0.3, -0.25) is 4.79 Å². The molecule has 5 heteroatoms. The highest BCUT2D eigenvalue weighted by atomic mass is 32.2. The van der Waals surface area contributed by atoms with Crippen LogP contribution >= 0.6 is 11.8 Å². The van der Waals surface area contributed by atoms with Gasteiger partial charge in [0.25, 0.3) is 0 Å². The lowest BCUT2D eigenvalue weighted by molar-refractivity contribution is 0.104. The van der Waals surface area contributed by atoms with Crippen LogP contribution in [0.15, 0.2) is 47.4 Å². The molecule has 2 aromatic rings. The van der Waals surface area contributed by atoms with Crippen LogP contribution in [-0.2, 0) is 0 Å². The van der Waals surface area contributed by atoms with Gasteiger partial charge in [0.15, 0.2) is 17.3 Å². The number of rotatable bonds is 36. The average molecular weight is 751 g/mol. The van der Waals surface area contributed by atoms with Crippen molar-refractivity contribution in [1.82, 2.24) is 0 Å². The third-order valence-electron chi connectivity index (χ3n) is 9.88. The van der Waals surface area contributed by atoms with E-state index in [2.05, 4.69) is 39.8 Å². The van der Waals surface area contributed by atoms with Gasteiger partial charge in [-0.1, -0.05) is 169 Å². The van der Waals surface area contributed by atoms with Crippen molar-refractivity contribution in [3.8, 4) is 17.2 Å². The van der Waals surface area contributed by atoms with E-state index in [0.29, 0.717) is 42.6 Å². The fourth-order valence-corrected chi connectivity index (χ4v) is 7.29. The lowest BCUT2D eigenvalue weighted by Crippen LogP contribution is -2.06. The zero-order valence-electron chi connectivity index (χ0n) is 34.7. The molecule has 2 aromatic carbocycles. The zero-order valence-corrected chi connectivity index (χ0v) is 35.5. The van der Waals surface area contributed by atoms with Gasteiger partial charge in [-0.2, -0.15) is 0 Å². The number of thioether (sulfide) groups is 1. The highest BCUT2D eigenvalue weighted by molar-refractivity contribution is 7.99. The van der Waals surface area contributed by atoms with Gasteiger partial charge in [0, 0.05) is 10.5 Å². The Morgan fingerprint density at radius 1 is 0.509 bits per heavy atom. The summed E-state index contributed by atoms with van der Waals surface area (Å²) in [5.41, 5.74) is 1.57. The standard InChI is InChI=1S/C48H78O4S/c1-5-9-13-14-15-16-17-18-19-20-21-22-23-24-25-26-27-28-29-39-53-44-33-31-43(32-34-44)45(49)35-30-42-40-46(50-36-10-6-2)48(52-38-12-8-4)47(41-42)51-37-11-7-3/h30-35,40-41H,5-29,36-39H2,1-4H3. The molecule has 0 N–H and O–H groups in total. The molecule has 0 radical (unpaired) electrons. The van der Waals surface area contributed by atoms with Crippen LogP contribution in [0.1, 0.15) is 204 Å². The van der Waals surface area contributed by atoms with E-state index in [1.54, 1.807) is 6.08 Å². The summed E-state index contributed by atoms with van der Waals surface area (Å²) < 4.78 is 18.5. The molecule has 0 aliphatic carbocycles. The quantitative estimate of drug-likeness (QED) is 0.0300. The summed E-state index contributed by atoms with van der Waals surface area (Å²) in [7, 11) is 0. The van der Waals surface area contributed by atoms with Gasteiger partial charge in [-0.05, 0) is 79.5 Å². The maximum absolute atomic E-state index is 13.1. The van der Waals surface area contributed by atoms with Gasteiger partial charge in [0.05, 0.1) is 19.8 Å². The summed E-state index contributed by atoms with van der Waals surface area (Å²) in [6.45, 7) is 10.6. The van der Waals surface area contributed by atoms with E-state index < -0.39 is 0 Å². The number of allylic oxidation sites excluding steroid dienone is 1. The number of benzene rings is 2. The summed E-state index contributed by atoms with van der Waals surface area (Å²) in [4.78, 5) is 14.4. The first kappa shape index (κ1) is 46.8. The Bertz CT molecular complexity index is 1160. The molecule has 0 unspecified atom stereocenters. The molecule has 0 aromatic heterocycles. The number of hydrogen-bond acceptors (Lipinski definition) is 5. The Balaban J connectivity index is 1.67. The Labute approximate surface area is 331 Å². The van der Waals surface area contributed by atoms with E-state index in [1.807, 2.05) is 42.1 Å². The molecule has 300 valence electrons. The van der Waals surface area contributed by atoms with Crippen LogP contribution in [0.4, 0.5) is 0 Å². The largest absolute Gasteiger partial charge is 0.490 e. The first-order chi connectivity index (χ1) is 26.1. The fourth-order valence-electron chi connectivity index (χ4n) is 6.38. The second-order valence-electron chi connectivity index (χ2n) is 14.9. The van der Waals surface area contributed by atoms with Crippen LogP contribution in [0.2, 0.25) is 0 Å². The molecule has 0 saturated heterocycles. The molecule has 0 saturated carbocycles. The van der Waals surface area contributed by atoms with Gasteiger partial charge in [-0.25, -0.2) is 0 Å². The highest BCUT2D eigenvalue weighted by Crippen LogP contribution is 2.40. The second kappa shape index (κ2) is 33.0. The van der Waals surface area contributed by atoms with Crippen molar-refractivity contribution >= 4 is 23.6 Å². The third-order valence-corrected chi connectivity index (χ3v) is 11.0. The molecule has 0 atom stereocenters. The van der Waals surface area contributed by atoms with Crippen molar-refractivity contribution in [3.05, 3.63) is 53.6 Å². The molecule has 53 heavy (non-hydrogen) atoms. The first-order valence-corrected chi connectivity index (χ1v) is 23.1. The van der Waals surface area contributed by atoms with Gasteiger partial charge in [0.2, 0.25) is 5.75 Å². The SMILES string of the molecule is CCCCCCCCCCCCCCCCCCCCCSc1ccc(C(=O)C=Cc2cc(OCCCC)c(OCCCC)c(OCCCC)c2)cc1. The van der Waals surface area contributed by atoms with Crippen LogP contribution in [0, 0.1) is 0 Å². The van der Waals surface area contributed by atoms with E-state index in [4.69, 9.17) is 14.2 Å². The molecule has 2 rings (SSSR count). The molecule has 0 bridgehead atoms. The van der Waals surface area contributed by atoms with Crippen molar-refractivity contribution in [2.45, 2.75) is 193 Å². The predicted octanol–water partition coefficient (Wildman–Crippen LogP) is 15.6. The summed E-state index contributed by atoms with van der Waals surface area (Å²) in [6, 6.07) is 12.0. The van der Waals surface area contributed by atoms with Crippen LogP contribution in [0.3, 0.4) is 0 Å². The Morgan fingerprint density at radius 3 is 1.34 bits per heavy atom. The Morgan fingerprint density at radius 2 is 0.906 bits per heavy atom. The number of carbonyl (C=O) groups is 1. The van der Waals surface area contributed by atoms with Crippen molar-refractivity contribution in [2.75, 3.05) is 25.6 Å². The summed E-state index contributed by atoms with van der Waals surface area (Å²) >= 11 is 1.90. The predicted molar refractivity (Wildman–Crippen MR) is 232 cm³/mol. The van der Waals surface area contributed by atoms with Crippen LogP contribution in [0.5, 0.6) is 17.2 Å². The van der Waals surface area contributed by atoms with Gasteiger partial charge < -0.3 is 14.2 Å². The van der Waals surface area contributed by atoms with Crippen molar-refractivity contribution in [2.24, 2.45) is 0 Å². The van der Waals surface area contributed by atoms with Crippen molar-refractivity contribution < 1.29 is 19.0 Å². The number of carbonyl (C=O) groups excluding carboxylic acids is 1. The topological polar surface area (TPSA) is 44.8 Å². The highest BCUT2D eigenvalue weighted by Gasteiger charge is 2.16. The molecular weight excluding hydrogens is 673 g/mol. The van der Waals surface area contributed by atoms with Gasteiger partial charge in [-0.15, -0.1) is 11.8 Å². The van der Waals surface area contributed by atoms with Crippen molar-refractivity contribution in [1.29, 1.82) is 0 Å². The lowest BCUT2D eigenvalue weighted by atomic mass is 10.0. The molecule has 0 heterocycles. The maximum Gasteiger partial charge on any atom is 0.203 e. The molecular formula is C48H78O4S. The molecule has 0 aliphatic rings. The molecule has 4 nitrogen and oxygen atoms in total.